The van der Waals surface area contributed by atoms with E-state index < -0.39 is 0 Å². The molecule has 0 fully saturated rings. The minimum atomic E-state index is -0.366. The van der Waals surface area contributed by atoms with Gasteiger partial charge in [-0.3, -0.25) is 10.2 Å². The van der Waals surface area contributed by atoms with E-state index in [1.54, 1.807) is 42.5 Å². The number of ether oxygens (including phenoxy) is 1. The van der Waals surface area contributed by atoms with Crippen LogP contribution < -0.4 is 16.0 Å². The Hall–Kier alpha value is -2.84. The molecule has 5 nitrogen and oxygen atoms in total. The largest absolute Gasteiger partial charge is 0.489 e. The molecule has 100 valence electrons. The van der Waals surface area contributed by atoms with Crippen molar-refractivity contribution in [2.45, 2.75) is 6.61 Å². The monoisotopic (exact) mass is 267 g/mol. The van der Waals surface area contributed by atoms with Gasteiger partial charge >= 0.3 is 0 Å². The summed E-state index contributed by atoms with van der Waals surface area (Å²) in [4.78, 5) is 11.6. The highest BCUT2D eigenvalue weighted by atomic mass is 16.5. The van der Waals surface area contributed by atoms with Gasteiger partial charge in [0.1, 0.15) is 12.4 Å². The van der Waals surface area contributed by atoms with Crippen LogP contribution in [0.1, 0.15) is 21.5 Å². The summed E-state index contributed by atoms with van der Waals surface area (Å²) in [6.45, 7) is 0.221. The summed E-state index contributed by atoms with van der Waals surface area (Å²) in [5, 5.41) is 8.82. The summed E-state index contributed by atoms with van der Waals surface area (Å²) in [6, 6.07) is 15.9. The first kappa shape index (κ1) is 13.6. The van der Waals surface area contributed by atoms with Gasteiger partial charge in [-0.15, -0.1) is 0 Å². The Morgan fingerprint density at radius 2 is 2.05 bits per heavy atom. The number of nitrogens with two attached hydrogens (primary N) is 1. The quantitative estimate of drug-likeness (QED) is 0.501. The molecule has 0 radical (unpaired) electrons. The van der Waals surface area contributed by atoms with Crippen LogP contribution in [0, 0.1) is 11.3 Å². The van der Waals surface area contributed by atoms with Crippen LogP contribution in [-0.4, -0.2) is 5.91 Å². The molecule has 0 aliphatic carbocycles. The molecule has 2 aromatic carbocycles. The van der Waals surface area contributed by atoms with Gasteiger partial charge in [0.05, 0.1) is 11.6 Å². The SMILES string of the molecule is N#Cc1cccc(OCc2ccccc2C(=O)NN)c1. The van der Waals surface area contributed by atoms with E-state index in [4.69, 9.17) is 15.8 Å². The molecule has 0 aromatic heterocycles. The highest BCUT2D eigenvalue weighted by molar-refractivity contribution is 5.95. The second-order valence-corrected chi connectivity index (χ2v) is 4.06. The molecule has 1 amide bonds. The van der Waals surface area contributed by atoms with Gasteiger partial charge in [-0.25, -0.2) is 5.84 Å². The minimum Gasteiger partial charge on any atom is -0.489 e. The molecule has 0 bridgehead atoms. The summed E-state index contributed by atoms with van der Waals surface area (Å²) >= 11 is 0. The van der Waals surface area contributed by atoms with E-state index in [9.17, 15) is 4.79 Å². The number of carbonyl (C=O) groups excluding carboxylic acids is 1. The van der Waals surface area contributed by atoms with Gasteiger partial charge in [0, 0.05) is 11.1 Å². The molecular formula is C15H13N3O2. The lowest BCUT2D eigenvalue weighted by Crippen LogP contribution is -2.30. The molecule has 3 N–H and O–H groups in total. The van der Waals surface area contributed by atoms with Crippen LogP contribution in [0.15, 0.2) is 48.5 Å². The van der Waals surface area contributed by atoms with E-state index in [-0.39, 0.29) is 12.5 Å². The summed E-state index contributed by atoms with van der Waals surface area (Å²) < 4.78 is 5.60. The molecule has 2 rings (SSSR count). The van der Waals surface area contributed by atoms with E-state index in [1.165, 1.54) is 0 Å². The lowest BCUT2D eigenvalue weighted by atomic mass is 10.1. The van der Waals surface area contributed by atoms with Crippen molar-refractivity contribution in [1.82, 2.24) is 5.43 Å². The fourth-order valence-corrected chi connectivity index (χ4v) is 1.76. The van der Waals surface area contributed by atoms with Crippen molar-refractivity contribution in [3.8, 4) is 11.8 Å². The first-order valence-electron chi connectivity index (χ1n) is 5.96. The van der Waals surface area contributed by atoms with Crippen LogP contribution >= 0.6 is 0 Å². The zero-order chi connectivity index (χ0) is 14.4. The second kappa shape index (κ2) is 6.36. The molecule has 0 spiro atoms. The third-order valence-electron chi connectivity index (χ3n) is 2.75. The molecule has 0 heterocycles. The maximum Gasteiger partial charge on any atom is 0.265 e. The van der Waals surface area contributed by atoms with Crippen molar-refractivity contribution in [2.24, 2.45) is 5.84 Å². The Balaban J connectivity index is 2.15. The molecule has 0 aliphatic rings. The smallest absolute Gasteiger partial charge is 0.265 e. The maximum absolute atomic E-state index is 11.6. The molecule has 0 saturated carbocycles. The van der Waals surface area contributed by atoms with Crippen LogP contribution in [0.25, 0.3) is 0 Å². The summed E-state index contributed by atoms with van der Waals surface area (Å²) in [5.74, 6) is 5.35. The van der Waals surface area contributed by atoms with Crippen molar-refractivity contribution >= 4 is 5.91 Å². The first-order chi connectivity index (χ1) is 9.74. The maximum atomic E-state index is 11.6. The predicted octanol–water partition coefficient (Wildman–Crippen LogP) is 1.74. The highest BCUT2D eigenvalue weighted by Crippen LogP contribution is 2.16. The molecular weight excluding hydrogens is 254 g/mol. The average molecular weight is 267 g/mol. The molecule has 0 atom stereocenters. The van der Waals surface area contributed by atoms with Crippen LogP contribution in [0.5, 0.6) is 5.75 Å². The fourth-order valence-electron chi connectivity index (χ4n) is 1.76. The molecule has 0 saturated heterocycles. The Morgan fingerprint density at radius 1 is 1.25 bits per heavy atom. The van der Waals surface area contributed by atoms with Crippen LogP contribution in [0.2, 0.25) is 0 Å². The van der Waals surface area contributed by atoms with E-state index in [0.717, 1.165) is 5.56 Å². The standard InChI is InChI=1S/C15H13N3O2/c16-9-11-4-3-6-13(8-11)20-10-12-5-1-2-7-14(12)15(19)18-17/h1-8H,10,17H2,(H,18,19). The number of nitrogens with one attached hydrogen (secondary N) is 1. The number of nitrogen functional groups attached to an aromatic ring is 1. The molecule has 0 aliphatic heterocycles. The Labute approximate surface area is 116 Å². The number of nitrogens with zero attached hydrogens (tertiary/aromatic N) is 1. The van der Waals surface area contributed by atoms with E-state index in [1.807, 2.05) is 12.1 Å². The van der Waals surface area contributed by atoms with Gasteiger partial charge in [0.25, 0.3) is 5.91 Å². The zero-order valence-corrected chi connectivity index (χ0v) is 10.7. The van der Waals surface area contributed by atoms with Crippen molar-refractivity contribution in [1.29, 1.82) is 5.26 Å². The van der Waals surface area contributed by atoms with Gasteiger partial charge < -0.3 is 4.74 Å². The third-order valence-corrected chi connectivity index (χ3v) is 2.75. The number of rotatable bonds is 4. The van der Waals surface area contributed by atoms with Crippen molar-refractivity contribution < 1.29 is 9.53 Å². The topological polar surface area (TPSA) is 88.1 Å². The number of hydrogen-bond donors (Lipinski definition) is 2. The molecule has 20 heavy (non-hydrogen) atoms. The van der Waals surface area contributed by atoms with Gasteiger partial charge in [-0.2, -0.15) is 5.26 Å². The lowest BCUT2D eigenvalue weighted by Gasteiger charge is -2.10. The van der Waals surface area contributed by atoms with Gasteiger partial charge in [0.2, 0.25) is 0 Å². The van der Waals surface area contributed by atoms with Crippen molar-refractivity contribution in [2.75, 3.05) is 0 Å². The van der Waals surface area contributed by atoms with E-state index >= 15 is 0 Å². The van der Waals surface area contributed by atoms with Gasteiger partial charge in [0.15, 0.2) is 0 Å². The van der Waals surface area contributed by atoms with Crippen LogP contribution in [0.3, 0.4) is 0 Å². The predicted molar refractivity (Wildman–Crippen MR) is 73.6 cm³/mol. The number of amides is 1. The average Bonchev–Trinajstić information content (AvgIpc) is 2.52. The fraction of sp³-hybridized carbons (Fsp3) is 0.0667. The summed E-state index contributed by atoms with van der Waals surface area (Å²) in [6.07, 6.45) is 0. The molecule has 2 aromatic rings. The van der Waals surface area contributed by atoms with Gasteiger partial charge in [-0.05, 0) is 24.3 Å². The number of hydrazine groups is 1. The summed E-state index contributed by atoms with van der Waals surface area (Å²) in [5.41, 5.74) is 3.81. The summed E-state index contributed by atoms with van der Waals surface area (Å²) in [7, 11) is 0. The van der Waals surface area contributed by atoms with E-state index in [0.29, 0.717) is 16.9 Å². The Morgan fingerprint density at radius 3 is 2.80 bits per heavy atom. The van der Waals surface area contributed by atoms with Gasteiger partial charge in [-0.1, -0.05) is 24.3 Å². The van der Waals surface area contributed by atoms with Crippen molar-refractivity contribution in [3.63, 3.8) is 0 Å². The van der Waals surface area contributed by atoms with Crippen molar-refractivity contribution in [3.05, 3.63) is 65.2 Å². The lowest BCUT2D eigenvalue weighted by molar-refractivity contribution is 0.0951. The molecule has 5 heteroatoms. The number of nitriles is 1. The zero-order valence-electron chi connectivity index (χ0n) is 10.7. The Kier molecular flexibility index (Phi) is 4.32. The normalized spacial score (nSPS) is 9.60. The van der Waals surface area contributed by atoms with E-state index in [2.05, 4.69) is 5.43 Å². The van der Waals surface area contributed by atoms with Crippen LogP contribution in [-0.2, 0) is 6.61 Å². The Bertz CT molecular complexity index is 662. The van der Waals surface area contributed by atoms with Crippen LogP contribution in [0.4, 0.5) is 0 Å². The number of carbonyl (C=O) groups is 1. The third kappa shape index (κ3) is 3.13. The first-order valence-corrected chi connectivity index (χ1v) is 5.96. The minimum absolute atomic E-state index is 0.221. The second-order valence-electron chi connectivity index (χ2n) is 4.06. The molecule has 0 unspecified atom stereocenters. The number of hydrogen-bond acceptors (Lipinski definition) is 4. The number of benzene rings is 2. The highest BCUT2D eigenvalue weighted by Gasteiger charge is 2.09.